The monoisotopic (exact) mass is 296 g/mol. The lowest BCUT2D eigenvalue weighted by Crippen LogP contribution is -2.57. The largest absolute Gasteiger partial charge is 0.389 e. The Hall–Kier alpha value is -0.590. The number of aliphatic hydroxyl groups is 1. The zero-order valence-electron chi connectivity index (χ0n) is 11.6. The minimum absolute atomic E-state index is 0.0290. The molecule has 4 nitrogen and oxygen atoms in total. The summed E-state index contributed by atoms with van der Waals surface area (Å²) in [6, 6.07) is 9.87. The lowest BCUT2D eigenvalue weighted by Gasteiger charge is -2.47. The van der Waals surface area contributed by atoms with Gasteiger partial charge in [0.1, 0.15) is 11.5 Å². The Kier molecular flexibility index (Phi) is 4.33. The van der Waals surface area contributed by atoms with Crippen molar-refractivity contribution in [2.24, 2.45) is 5.92 Å². The average Bonchev–Trinajstić information content (AvgIpc) is 2.51. The summed E-state index contributed by atoms with van der Waals surface area (Å²) in [5, 5.41) is 10.3. The molecule has 1 aromatic rings. The van der Waals surface area contributed by atoms with Crippen LogP contribution in [-0.2, 0) is 14.2 Å². The molecular formula is C15H20O4S. The van der Waals surface area contributed by atoms with E-state index in [2.05, 4.69) is 0 Å². The van der Waals surface area contributed by atoms with Crippen LogP contribution < -0.4 is 0 Å². The van der Waals surface area contributed by atoms with Crippen molar-refractivity contribution in [1.82, 2.24) is 0 Å². The van der Waals surface area contributed by atoms with E-state index in [1.54, 1.807) is 0 Å². The van der Waals surface area contributed by atoms with Gasteiger partial charge in [0.05, 0.1) is 18.8 Å². The topological polar surface area (TPSA) is 47.9 Å². The Balaban J connectivity index is 1.74. The number of thioether (sulfide) groups is 1. The Morgan fingerprint density at radius 1 is 1.20 bits per heavy atom. The second-order valence-corrected chi connectivity index (χ2v) is 6.24. The SMILES string of the molecule is CS[C@@H]1OC2COC(c3ccccc3)O[C@@H]2[C@H](C)C1O. The lowest BCUT2D eigenvalue weighted by atomic mass is 9.91. The number of benzene rings is 1. The third kappa shape index (κ3) is 2.61. The minimum Gasteiger partial charge on any atom is -0.389 e. The summed E-state index contributed by atoms with van der Waals surface area (Å²) < 4.78 is 17.7. The van der Waals surface area contributed by atoms with Crippen LogP contribution in [0.2, 0.25) is 0 Å². The van der Waals surface area contributed by atoms with Crippen LogP contribution in [0.15, 0.2) is 30.3 Å². The van der Waals surface area contributed by atoms with Gasteiger partial charge in [0.2, 0.25) is 0 Å². The summed E-state index contributed by atoms with van der Waals surface area (Å²) >= 11 is 1.53. The van der Waals surface area contributed by atoms with Crippen LogP contribution in [-0.4, -0.2) is 41.7 Å². The van der Waals surface area contributed by atoms with Crippen LogP contribution in [0, 0.1) is 5.92 Å². The maximum absolute atomic E-state index is 10.3. The van der Waals surface area contributed by atoms with E-state index in [-0.39, 0.29) is 29.9 Å². The van der Waals surface area contributed by atoms with E-state index < -0.39 is 6.10 Å². The van der Waals surface area contributed by atoms with E-state index >= 15 is 0 Å². The predicted molar refractivity (Wildman–Crippen MR) is 77.4 cm³/mol. The van der Waals surface area contributed by atoms with Crippen molar-refractivity contribution in [3.8, 4) is 0 Å². The van der Waals surface area contributed by atoms with E-state index in [0.29, 0.717) is 6.61 Å². The summed E-state index contributed by atoms with van der Waals surface area (Å²) in [6.07, 6.45) is 0.818. The van der Waals surface area contributed by atoms with E-state index in [4.69, 9.17) is 14.2 Å². The van der Waals surface area contributed by atoms with E-state index in [0.717, 1.165) is 5.56 Å². The summed E-state index contributed by atoms with van der Waals surface area (Å²) in [5.74, 6) is 0.0290. The van der Waals surface area contributed by atoms with Gasteiger partial charge in [-0.2, -0.15) is 0 Å². The molecule has 0 amide bonds. The summed E-state index contributed by atoms with van der Waals surface area (Å²) in [7, 11) is 0. The van der Waals surface area contributed by atoms with Gasteiger partial charge in [0.15, 0.2) is 6.29 Å². The highest BCUT2D eigenvalue weighted by atomic mass is 32.2. The van der Waals surface area contributed by atoms with Gasteiger partial charge >= 0.3 is 0 Å². The number of fused-ring (bicyclic) bond motifs is 1. The maximum atomic E-state index is 10.3. The van der Waals surface area contributed by atoms with E-state index in [1.165, 1.54) is 11.8 Å². The molecule has 0 aromatic heterocycles. The van der Waals surface area contributed by atoms with Gasteiger partial charge in [-0.25, -0.2) is 0 Å². The zero-order valence-corrected chi connectivity index (χ0v) is 12.5. The number of rotatable bonds is 2. The minimum atomic E-state index is -0.513. The van der Waals surface area contributed by atoms with Crippen LogP contribution in [0.4, 0.5) is 0 Å². The van der Waals surface area contributed by atoms with Crippen molar-refractivity contribution in [2.45, 2.75) is 37.0 Å². The van der Waals surface area contributed by atoms with Crippen molar-refractivity contribution in [2.75, 3.05) is 12.9 Å². The molecule has 1 aromatic carbocycles. The molecule has 3 unspecified atom stereocenters. The first-order chi connectivity index (χ1) is 9.70. The molecular weight excluding hydrogens is 276 g/mol. The highest BCUT2D eigenvalue weighted by Gasteiger charge is 2.46. The average molecular weight is 296 g/mol. The number of hydrogen-bond acceptors (Lipinski definition) is 5. The molecule has 2 saturated heterocycles. The van der Waals surface area contributed by atoms with Crippen LogP contribution in [0.5, 0.6) is 0 Å². The molecule has 2 aliphatic rings. The van der Waals surface area contributed by atoms with Crippen molar-refractivity contribution >= 4 is 11.8 Å². The van der Waals surface area contributed by atoms with Crippen molar-refractivity contribution < 1.29 is 19.3 Å². The van der Waals surface area contributed by atoms with Gasteiger partial charge in [-0.1, -0.05) is 37.3 Å². The lowest BCUT2D eigenvalue weighted by molar-refractivity contribution is -0.307. The Bertz CT molecular complexity index is 439. The molecule has 0 spiro atoms. The molecule has 6 atom stereocenters. The highest BCUT2D eigenvalue weighted by molar-refractivity contribution is 7.99. The first-order valence-corrected chi connectivity index (χ1v) is 8.18. The fourth-order valence-corrected chi connectivity index (χ4v) is 3.58. The zero-order chi connectivity index (χ0) is 14.1. The van der Waals surface area contributed by atoms with Crippen LogP contribution in [0.1, 0.15) is 18.8 Å². The molecule has 0 saturated carbocycles. The van der Waals surface area contributed by atoms with Crippen LogP contribution in [0.3, 0.4) is 0 Å². The second-order valence-electron chi connectivity index (χ2n) is 5.30. The second kappa shape index (κ2) is 6.03. The van der Waals surface area contributed by atoms with Gasteiger partial charge in [0, 0.05) is 11.5 Å². The van der Waals surface area contributed by atoms with Gasteiger partial charge in [-0.05, 0) is 6.26 Å². The normalized spacial score (nSPS) is 41.1. The molecule has 2 aliphatic heterocycles. The molecule has 0 aliphatic carbocycles. The smallest absolute Gasteiger partial charge is 0.184 e. The van der Waals surface area contributed by atoms with Crippen molar-refractivity contribution in [3.63, 3.8) is 0 Å². The molecule has 0 radical (unpaired) electrons. The molecule has 110 valence electrons. The van der Waals surface area contributed by atoms with Crippen molar-refractivity contribution in [3.05, 3.63) is 35.9 Å². The van der Waals surface area contributed by atoms with Gasteiger partial charge in [-0.15, -0.1) is 11.8 Å². The standard InChI is InChI=1S/C15H20O4S/c1-9-12(16)15(20-2)18-11-8-17-14(19-13(9)11)10-6-4-3-5-7-10/h3-7,9,11-16H,8H2,1-2H3/t9-,11?,12?,13-,14?,15+/m1/s1. The number of hydrogen-bond donors (Lipinski definition) is 1. The Morgan fingerprint density at radius 2 is 1.95 bits per heavy atom. The maximum Gasteiger partial charge on any atom is 0.184 e. The van der Waals surface area contributed by atoms with Gasteiger partial charge in [0.25, 0.3) is 0 Å². The molecule has 2 heterocycles. The molecule has 0 bridgehead atoms. The molecule has 2 fully saturated rings. The van der Waals surface area contributed by atoms with Crippen LogP contribution >= 0.6 is 11.8 Å². The fourth-order valence-electron chi connectivity index (χ4n) is 2.80. The van der Waals surface area contributed by atoms with Gasteiger partial charge in [-0.3, -0.25) is 0 Å². The summed E-state index contributed by atoms with van der Waals surface area (Å²) in [5.41, 5.74) is 0.798. The van der Waals surface area contributed by atoms with Gasteiger partial charge < -0.3 is 19.3 Å². The molecule has 5 heteroatoms. The number of aliphatic hydroxyl groups excluding tert-OH is 1. The molecule has 1 N–H and O–H groups in total. The van der Waals surface area contributed by atoms with E-state index in [9.17, 15) is 5.11 Å². The third-order valence-corrected chi connectivity index (χ3v) is 4.86. The Morgan fingerprint density at radius 3 is 2.65 bits per heavy atom. The first-order valence-electron chi connectivity index (χ1n) is 6.89. The van der Waals surface area contributed by atoms with Crippen LogP contribution in [0.25, 0.3) is 0 Å². The first kappa shape index (κ1) is 14.4. The fraction of sp³-hybridized carbons (Fsp3) is 0.600. The van der Waals surface area contributed by atoms with Crippen molar-refractivity contribution in [1.29, 1.82) is 0 Å². The summed E-state index contributed by atoms with van der Waals surface area (Å²) in [4.78, 5) is 0. The molecule has 20 heavy (non-hydrogen) atoms. The quantitative estimate of drug-likeness (QED) is 0.906. The summed E-state index contributed by atoms with van der Waals surface area (Å²) in [6.45, 7) is 2.51. The van der Waals surface area contributed by atoms with E-state index in [1.807, 2.05) is 43.5 Å². The highest BCUT2D eigenvalue weighted by Crippen LogP contribution is 2.38. The predicted octanol–water partition coefficient (Wildman–Crippen LogP) is 2.19. The molecule has 3 rings (SSSR count). The number of ether oxygens (including phenoxy) is 3. The Labute approximate surface area is 123 Å². The third-order valence-electron chi connectivity index (χ3n) is 4.01.